The van der Waals surface area contributed by atoms with Gasteiger partial charge in [0.15, 0.2) is 0 Å². The highest BCUT2D eigenvalue weighted by atomic mass is 19.1. The molecule has 2 aliphatic rings. The molecule has 0 unspecified atom stereocenters. The van der Waals surface area contributed by atoms with E-state index < -0.39 is 0 Å². The number of hydrogen-bond donors (Lipinski definition) is 0. The van der Waals surface area contributed by atoms with Gasteiger partial charge in [-0.1, -0.05) is 75.2 Å². The summed E-state index contributed by atoms with van der Waals surface area (Å²) in [5, 5.41) is 0. The number of halogens is 1. The molecule has 1 heteroatoms. The van der Waals surface area contributed by atoms with Crippen LogP contribution in [0.1, 0.15) is 120 Å². The molecule has 2 aliphatic carbocycles. The first-order valence-electron chi connectivity index (χ1n) is 14.1. The van der Waals surface area contributed by atoms with Crippen LogP contribution in [0.4, 0.5) is 4.39 Å². The lowest BCUT2D eigenvalue weighted by atomic mass is 9.76. The molecule has 0 amide bonds. The normalized spacial score (nSPS) is 25.3. The molecule has 0 aliphatic heterocycles. The molecule has 0 spiro atoms. The number of rotatable bonds is 9. The zero-order chi connectivity index (χ0) is 23.9. The Morgan fingerprint density at radius 1 is 0.765 bits per heavy atom. The van der Waals surface area contributed by atoms with Crippen molar-refractivity contribution >= 4 is 0 Å². The van der Waals surface area contributed by atoms with E-state index >= 15 is 4.39 Å². The maximum atomic E-state index is 15.2. The van der Waals surface area contributed by atoms with E-state index in [4.69, 9.17) is 0 Å². The van der Waals surface area contributed by atoms with Crippen molar-refractivity contribution in [1.29, 1.82) is 0 Å². The van der Waals surface area contributed by atoms with Gasteiger partial charge in [-0.25, -0.2) is 4.39 Å². The largest absolute Gasteiger partial charge is 0.206 e. The van der Waals surface area contributed by atoms with E-state index in [1.807, 2.05) is 12.1 Å². The van der Waals surface area contributed by atoms with Gasteiger partial charge in [0.05, 0.1) is 0 Å². The molecule has 0 aromatic heterocycles. The fourth-order valence-corrected chi connectivity index (χ4v) is 6.52. The summed E-state index contributed by atoms with van der Waals surface area (Å²) in [5.41, 5.74) is 5.77. The van der Waals surface area contributed by atoms with E-state index in [0.29, 0.717) is 11.8 Å². The number of hydrogen-bond acceptors (Lipinski definition) is 0. The first-order chi connectivity index (χ1) is 16.6. The zero-order valence-electron chi connectivity index (χ0n) is 21.6. The van der Waals surface area contributed by atoms with Crippen molar-refractivity contribution < 1.29 is 4.39 Å². The highest BCUT2D eigenvalue weighted by Gasteiger charge is 2.24. The molecular formula is C33H45F. The molecule has 0 heterocycles. The van der Waals surface area contributed by atoms with Gasteiger partial charge >= 0.3 is 0 Å². The van der Waals surface area contributed by atoms with Crippen LogP contribution in [0.5, 0.6) is 0 Å². The van der Waals surface area contributed by atoms with Crippen LogP contribution in [0.2, 0.25) is 0 Å². The molecule has 0 atom stereocenters. The monoisotopic (exact) mass is 460 g/mol. The smallest absolute Gasteiger partial charge is 0.131 e. The summed E-state index contributed by atoms with van der Waals surface area (Å²) in [4.78, 5) is 0. The van der Waals surface area contributed by atoms with Crippen LogP contribution >= 0.6 is 0 Å². The average molecular weight is 461 g/mol. The topological polar surface area (TPSA) is 0 Å². The zero-order valence-corrected chi connectivity index (χ0v) is 21.6. The van der Waals surface area contributed by atoms with E-state index in [-0.39, 0.29) is 5.82 Å². The SMILES string of the molecule is C=C(CC)CCC1CCC(c2ccc(-c3ccc(C4CCC(CCC)CC4)cc3)c(F)c2)CC1. The lowest BCUT2D eigenvalue weighted by Crippen LogP contribution is -2.13. The van der Waals surface area contributed by atoms with Crippen LogP contribution in [0, 0.1) is 17.7 Å². The lowest BCUT2D eigenvalue weighted by Gasteiger charge is -2.29. The molecule has 2 aromatic carbocycles. The third-order valence-electron chi connectivity index (χ3n) is 8.95. The maximum absolute atomic E-state index is 15.2. The summed E-state index contributed by atoms with van der Waals surface area (Å²) in [6, 6.07) is 14.8. The Bertz CT molecular complexity index is 908. The summed E-state index contributed by atoms with van der Waals surface area (Å²) in [7, 11) is 0. The molecule has 34 heavy (non-hydrogen) atoms. The van der Waals surface area contributed by atoms with Gasteiger partial charge in [-0.05, 0) is 117 Å². The van der Waals surface area contributed by atoms with Crippen LogP contribution in [-0.2, 0) is 0 Å². The highest BCUT2D eigenvalue weighted by Crippen LogP contribution is 2.40. The van der Waals surface area contributed by atoms with Crippen LogP contribution in [-0.4, -0.2) is 0 Å². The molecule has 0 bridgehead atoms. The predicted octanol–water partition coefficient (Wildman–Crippen LogP) is 10.6. The third-order valence-corrected chi connectivity index (χ3v) is 8.95. The van der Waals surface area contributed by atoms with Crippen molar-refractivity contribution in [2.45, 2.75) is 109 Å². The molecular weight excluding hydrogens is 415 g/mol. The van der Waals surface area contributed by atoms with Gasteiger partial charge in [0.1, 0.15) is 5.82 Å². The van der Waals surface area contributed by atoms with E-state index in [9.17, 15) is 0 Å². The first-order valence-corrected chi connectivity index (χ1v) is 14.1. The van der Waals surface area contributed by atoms with Crippen LogP contribution in [0.3, 0.4) is 0 Å². The first kappa shape index (κ1) is 25.2. The fraction of sp³-hybridized carbons (Fsp3) is 0.576. The van der Waals surface area contributed by atoms with Crippen LogP contribution < -0.4 is 0 Å². The Morgan fingerprint density at radius 3 is 1.88 bits per heavy atom. The lowest BCUT2D eigenvalue weighted by molar-refractivity contribution is 0.308. The van der Waals surface area contributed by atoms with Crippen molar-refractivity contribution in [3.05, 3.63) is 71.6 Å². The Hall–Kier alpha value is -1.89. The Balaban J connectivity index is 1.33. The molecule has 0 nitrogen and oxygen atoms in total. The standard InChI is InChI=1S/C33H45F/c1-4-6-25-9-13-27(14-10-25)28-17-19-30(20-18-28)32-22-21-31(23-33(32)34)29-15-11-26(12-16-29)8-7-24(3)5-2/h17-23,25-27,29H,3-16H2,1-2H3. The maximum Gasteiger partial charge on any atom is 0.131 e. The Kier molecular flexibility index (Phi) is 9.04. The van der Waals surface area contributed by atoms with Crippen molar-refractivity contribution in [3.8, 4) is 11.1 Å². The molecule has 2 fully saturated rings. The second-order valence-electron chi connectivity index (χ2n) is 11.2. The van der Waals surface area contributed by atoms with Crippen molar-refractivity contribution in [1.82, 2.24) is 0 Å². The molecule has 2 saturated carbocycles. The van der Waals surface area contributed by atoms with Crippen molar-refractivity contribution in [2.75, 3.05) is 0 Å². The molecule has 0 saturated heterocycles. The Morgan fingerprint density at radius 2 is 1.32 bits per heavy atom. The fourth-order valence-electron chi connectivity index (χ4n) is 6.52. The minimum Gasteiger partial charge on any atom is -0.206 e. The van der Waals surface area contributed by atoms with Gasteiger partial charge in [-0.3, -0.25) is 0 Å². The van der Waals surface area contributed by atoms with Crippen LogP contribution in [0.25, 0.3) is 11.1 Å². The van der Waals surface area contributed by atoms with Crippen molar-refractivity contribution in [2.24, 2.45) is 11.8 Å². The number of benzene rings is 2. The van der Waals surface area contributed by atoms with Gasteiger partial charge in [0, 0.05) is 5.56 Å². The predicted molar refractivity (Wildman–Crippen MR) is 145 cm³/mol. The van der Waals surface area contributed by atoms with E-state index in [1.165, 1.54) is 93.7 Å². The molecule has 4 rings (SSSR count). The second kappa shape index (κ2) is 12.2. The molecule has 0 radical (unpaired) electrons. The summed E-state index contributed by atoms with van der Waals surface area (Å²) >= 11 is 0. The van der Waals surface area contributed by atoms with Gasteiger partial charge < -0.3 is 0 Å². The summed E-state index contributed by atoms with van der Waals surface area (Å²) < 4.78 is 15.2. The average Bonchev–Trinajstić information content (AvgIpc) is 2.88. The minimum absolute atomic E-state index is 0.0632. The number of allylic oxidation sites excluding steroid dienone is 1. The van der Waals surface area contributed by atoms with Gasteiger partial charge in [-0.15, -0.1) is 0 Å². The summed E-state index contributed by atoms with van der Waals surface area (Å²) in [6.07, 6.45) is 16.5. The Labute approximate surface area is 208 Å². The van der Waals surface area contributed by atoms with E-state index in [1.54, 1.807) is 0 Å². The third kappa shape index (κ3) is 6.41. The van der Waals surface area contributed by atoms with Gasteiger partial charge in [-0.2, -0.15) is 0 Å². The van der Waals surface area contributed by atoms with Crippen molar-refractivity contribution in [3.63, 3.8) is 0 Å². The molecule has 184 valence electrons. The highest BCUT2D eigenvalue weighted by molar-refractivity contribution is 5.65. The molecule has 2 aromatic rings. The van der Waals surface area contributed by atoms with Gasteiger partial charge in [0.25, 0.3) is 0 Å². The minimum atomic E-state index is -0.0632. The van der Waals surface area contributed by atoms with E-state index in [0.717, 1.165) is 29.4 Å². The second-order valence-corrected chi connectivity index (χ2v) is 11.2. The van der Waals surface area contributed by atoms with Crippen LogP contribution in [0.15, 0.2) is 54.6 Å². The quantitative estimate of drug-likeness (QED) is 0.326. The summed E-state index contributed by atoms with van der Waals surface area (Å²) in [5.74, 6) is 2.89. The summed E-state index contributed by atoms with van der Waals surface area (Å²) in [6.45, 7) is 8.66. The van der Waals surface area contributed by atoms with E-state index in [2.05, 4.69) is 50.8 Å². The molecule has 0 N–H and O–H groups in total. The van der Waals surface area contributed by atoms with Gasteiger partial charge in [0.2, 0.25) is 0 Å².